The Morgan fingerprint density at radius 1 is 1.29 bits per heavy atom. The van der Waals surface area contributed by atoms with Crippen LogP contribution in [0.1, 0.15) is 34.7 Å². The van der Waals surface area contributed by atoms with Gasteiger partial charge in [-0.2, -0.15) is 18.7 Å². The van der Waals surface area contributed by atoms with Gasteiger partial charge in [0.15, 0.2) is 17.0 Å². The largest absolute Gasteiger partial charge is 0.390 e. The molecule has 2 aromatic heterocycles. The van der Waals surface area contributed by atoms with E-state index in [1.54, 1.807) is 18.9 Å². The van der Waals surface area contributed by atoms with Gasteiger partial charge in [0, 0.05) is 25.7 Å². The molecule has 0 unspecified atom stereocenters. The number of ether oxygens (including phenoxy) is 1. The van der Waals surface area contributed by atoms with Crippen molar-refractivity contribution in [3.8, 4) is 0 Å². The number of morpholine rings is 1. The topological polar surface area (TPSA) is 105 Å². The third-order valence-electron chi connectivity index (χ3n) is 5.62. The summed E-state index contributed by atoms with van der Waals surface area (Å²) in [6.07, 6.45) is 0. The summed E-state index contributed by atoms with van der Waals surface area (Å²) >= 11 is 6.08. The van der Waals surface area contributed by atoms with Gasteiger partial charge in [-0.25, -0.2) is 9.37 Å². The Hall–Kier alpha value is -2.96. The standard InChI is InChI=1S/C21H22ClF3N6O3/c1-11(12-4-3-5-13(14(12)23)21(24,25)10-32)26-16-15-17(29-20(22)28-16)30(2)18(27-15)19(33)31-6-8-34-9-7-31/h3-5,11,32H,6-10H2,1-2H3,(H,26,28,29)/t11-/m1/s1. The fourth-order valence-corrected chi connectivity index (χ4v) is 3.93. The number of carbonyl (C=O) groups is 1. The zero-order valence-corrected chi connectivity index (χ0v) is 19.1. The fourth-order valence-electron chi connectivity index (χ4n) is 3.77. The van der Waals surface area contributed by atoms with E-state index in [1.807, 2.05) is 0 Å². The first kappa shape index (κ1) is 24.2. The first-order valence-electron chi connectivity index (χ1n) is 10.4. The Kier molecular flexibility index (Phi) is 6.65. The number of anilines is 1. The average Bonchev–Trinajstić information content (AvgIpc) is 3.15. The molecule has 0 aliphatic carbocycles. The highest BCUT2D eigenvalue weighted by Crippen LogP contribution is 2.34. The molecule has 34 heavy (non-hydrogen) atoms. The zero-order chi connectivity index (χ0) is 24.6. The van der Waals surface area contributed by atoms with Gasteiger partial charge in [-0.3, -0.25) is 4.79 Å². The number of imidazole rings is 1. The molecule has 2 N–H and O–H groups in total. The summed E-state index contributed by atoms with van der Waals surface area (Å²) in [6.45, 7) is 1.71. The molecule has 4 rings (SSSR count). The van der Waals surface area contributed by atoms with Crippen molar-refractivity contribution >= 4 is 34.5 Å². The lowest BCUT2D eigenvalue weighted by atomic mass is 10.0. The van der Waals surface area contributed by atoms with E-state index in [9.17, 15) is 18.0 Å². The predicted octanol–water partition coefficient (Wildman–Crippen LogP) is 2.89. The van der Waals surface area contributed by atoms with Crippen LogP contribution in [0, 0.1) is 5.82 Å². The lowest BCUT2D eigenvalue weighted by molar-refractivity contribution is -0.0583. The van der Waals surface area contributed by atoms with Crippen molar-refractivity contribution in [1.82, 2.24) is 24.4 Å². The van der Waals surface area contributed by atoms with Crippen LogP contribution in [0.3, 0.4) is 0 Å². The van der Waals surface area contributed by atoms with E-state index in [4.69, 9.17) is 21.4 Å². The number of fused-ring (bicyclic) bond motifs is 1. The summed E-state index contributed by atoms with van der Waals surface area (Å²) in [7, 11) is 1.61. The smallest absolute Gasteiger partial charge is 0.298 e. The van der Waals surface area contributed by atoms with E-state index in [1.165, 1.54) is 16.7 Å². The Labute approximate surface area is 197 Å². The molecule has 3 heterocycles. The predicted molar refractivity (Wildman–Crippen MR) is 117 cm³/mol. The van der Waals surface area contributed by atoms with Gasteiger partial charge in [-0.15, -0.1) is 0 Å². The molecule has 9 nitrogen and oxygen atoms in total. The summed E-state index contributed by atoms with van der Waals surface area (Å²) < 4.78 is 49.6. The van der Waals surface area contributed by atoms with Crippen molar-refractivity contribution < 1.29 is 27.8 Å². The van der Waals surface area contributed by atoms with Gasteiger partial charge in [-0.05, 0) is 24.6 Å². The molecule has 3 aromatic rings. The number of aryl methyl sites for hydroxylation is 1. The van der Waals surface area contributed by atoms with Gasteiger partial charge >= 0.3 is 0 Å². The molecule has 1 aliphatic heterocycles. The number of amides is 1. The molecule has 1 saturated heterocycles. The normalized spacial score (nSPS) is 15.6. The Morgan fingerprint density at radius 3 is 2.68 bits per heavy atom. The molecule has 0 spiro atoms. The number of nitrogens with zero attached hydrogens (tertiary/aromatic N) is 5. The van der Waals surface area contributed by atoms with Gasteiger partial charge < -0.3 is 24.6 Å². The van der Waals surface area contributed by atoms with Crippen LogP contribution in [-0.4, -0.2) is 68.3 Å². The summed E-state index contributed by atoms with van der Waals surface area (Å²) in [6, 6.07) is 2.70. The number of aliphatic hydroxyl groups excluding tert-OH is 1. The number of benzene rings is 1. The van der Waals surface area contributed by atoms with Crippen molar-refractivity contribution in [3.63, 3.8) is 0 Å². The Bertz CT molecular complexity index is 1230. The van der Waals surface area contributed by atoms with Gasteiger partial charge in [0.1, 0.15) is 12.4 Å². The van der Waals surface area contributed by atoms with Crippen molar-refractivity contribution in [1.29, 1.82) is 0 Å². The second-order valence-electron chi connectivity index (χ2n) is 7.85. The molecule has 1 aromatic carbocycles. The van der Waals surface area contributed by atoms with E-state index in [0.29, 0.717) is 26.3 Å². The maximum Gasteiger partial charge on any atom is 0.298 e. The van der Waals surface area contributed by atoms with Crippen LogP contribution in [0.2, 0.25) is 5.28 Å². The number of hydrogen-bond donors (Lipinski definition) is 2. The zero-order valence-electron chi connectivity index (χ0n) is 18.4. The molecule has 1 amide bonds. The van der Waals surface area contributed by atoms with Crippen molar-refractivity contribution in [2.45, 2.75) is 18.9 Å². The van der Waals surface area contributed by atoms with Crippen LogP contribution in [-0.2, 0) is 17.7 Å². The third-order valence-corrected chi connectivity index (χ3v) is 5.79. The molecule has 1 fully saturated rings. The maximum atomic E-state index is 14.9. The molecule has 1 aliphatic rings. The van der Waals surface area contributed by atoms with E-state index < -0.39 is 30.0 Å². The van der Waals surface area contributed by atoms with Crippen molar-refractivity contribution in [2.75, 3.05) is 38.2 Å². The van der Waals surface area contributed by atoms with Crippen molar-refractivity contribution in [3.05, 3.63) is 46.3 Å². The summed E-state index contributed by atoms with van der Waals surface area (Å²) in [5.41, 5.74) is -0.503. The molecule has 0 radical (unpaired) electrons. The number of halogens is 4. The molecule has 0 bridgehead atoms. The maximum absolute atomic E-state index is 14.9. The number of rotatable bonds is 6. The number of nitrogens with one attached hydrogen (secondary N) is 1. The quantitative estimate of drug-likeness (QED) is 0.503. The van der Waals surface area contributed by atoms with E-state index in [-0.39, 0.29) is 39.6 Å². The lowest BCUT2D eigenvalue weighted by Gasteiger charge is -2.26. The number of hydrogen-bond acceptors (Lipinski definition) is 7. The first-order chi connectivity index (χ1) is 16.1. The monoisotopic (exact) mass is 498 g/mol. The minimum Gasteiger partial charge on any atom is -0.390 e. The lowest BCUT2D eigenvalue weighted by Crippen LogP contribution is -2.41. The van der Waals surface area contributed by atoms with Gasteiger partial charge in [0.05, 0.1) is 24.8 Å². The highest BCUT2D eigenvalue weighted by atomic mass is 35.5. The summed E-state index contributed by atoms with van der Waals surface area (Å²) in [5.74, 6) is -4.98. The minimum absolute atomic E-state index is 0.0749. The number of carbonyl (C=O) groups excluding carboxylic acids is 1. The van der Waals surface area contributed by atoms with Crippen LogP contribution in [0.15, 0.2) is 18.2 Å². The Balaban J connectivity index is 1.70. The SMILES string of the molecule is C[C@@H](Nc1nc(Cl)nc2c1nc(C(=O)N1CCOCC1)n2C)c1cccc(C(F)(F)CO)c1F. The third kappa shape index (κ3) is 4.40. The van der Waals surface area contributed by atoms with E-state index in [0.717, 1.165) is 6.07 Å². The van der Waals surface area contributed by atoms with Gasteiger partial charge in [0.2, 0.25) is 11.1 Å². The highest BCUT2D eigenvalue weighted by molar-refractivity contribution is 6.28. The molecule has 182 valence electrons. The minimum atomic E-state index is -3.74. The molecule has 13 heteroatoms. The molecule has 0 saturated carbocycles. The highest BCUT2D eigenvalue weighted by Gasteiger charge is 2.35. The van der Waals surface area contributed by atoms with Crippen molar-refractivity contribution in [2.24, 2.45) is 7.05 Å². The number of aromatic nitrogens is 4. The van der Waals surface area contributed by atoms with E-state index in [2.05, 4.69) is 20.3 Å². The summed E-state index contributed by atoms with van der Waals surface area (Å²) in [5, 5.41) is 11.7. The number of alkyl halides is 2. The fraction of sp³-hybridized carbons (Fsp3) is 0.429. The second kappa shape index (κ2) is 9.35. The van der Waals surface area contributed by atoms with E-state index >= 15 is 0 Å². The van der Waals surface area contributed by atoms with Crippen LogP contribution in [0.25, 0.3) is 11.2 Å². The van der Waals surface area contributed by atoms with Crippen LogP contribution in [0.4, 0.5) is 19.0 Å². The first-order valence-corrected chi connectivity index (χ1v) is 10.8. The second-order valence-corrected chi connectivity index (χ2v) is 8.19. The number of aliphatic hydroxyl groups is 1. The van der Waals surface area contributed by atoms with Gasteiger partial charge in [0.25, 0.3) is 11.8 Å². The molecule has 1 atom stereocenters. The molecular formula is C21H22ClF3N6O3. The summed E-state index contributed by atoms with van der Waals surface area (Å²) in [4.78, 5) is 27.3. The van der Waals surface area contributed by atoms with Crippen LogP contribution >= 0.6 is 11.6 Å². The van der Waals surface area contributed by atoms with Crippen LogP contribution in [0.5, 0.6) is 0 Å². The average molecular weight is 499 g/mol. The van der Waals surface area contributed by atoms with Gasteiger partial charge in [-0.1, -0.05) is 12.1 Å². The molecular weight excluding hydrogens is 477 g/mol. The van der Waals surface area contributed by atoms with Crippen LogP contribution < -0.4 is 5.32 Å². The Morgan fingerprint density at radius 2 is 2.00 bits per heavy atom.